The molecular weight excluding hydrogens is 451 g/mol. The molecule has 1 aliphatic carbocycles. The van der Waals surface area contributed by atoms with Crippen LogP contribution in [0.2, 0.25) is 0 Å². The Kier molecular flexibility index (Phi) is 6.47. The van der Waals surface area contributed by atoms with Crippen molar-refractivity contribution in [3.63, 3.8) is 0 Å². The van der Waals surface area contributed by atoms with Crippen molar-refractivity contribution in [1.82, 2.24) is 24.6 Å². The first kappa shape index (κ1) is 23.3. The van der Waals surface area contributed by atoms with E-state index in [2.05, 4.69) is 15.5 Å². The van der Waals surface area contributed by atoms with Crippen LogP contribution in [0, 0.1) is 11.7 Å². The summed E-state index contributed by atoms with van der Waals surface area (Å²) in [4.78, 5) is 12.9. The molecule has 2 heterocycles. The molecule has 2 N–H and O–H groups in total. The lowest BCUT2D eigenvalue weighted by molar-refractivity contribution is -0.137. The molecular formula is C23H26F3N5OS. The van der Waals surface area contributed by atoms with Crippen LogP contribution >= 0.6 is 12.2 Å². The topological polar surface area (TPSA) is 67.6 Å². The summed E-state index contributed by atoms with van der Waals surface area (Å²) in [5.74, 6) is 0.570. The molecule has 0 radical (unpaired) electrons. The number of aromatic amines is 1. The number of H-pyrrole nitrogens is 1. The second kappa shape index (κ2) is 9.17. The molecule has 0 aliphatic heterocycles. The lowest BCUT2D eigenvalue weighted by Gasteiger charge is -2.25. The van der Waals surface area contributed by atoms with Crippen molar-refractivity contribution in [3.05, 3.63) is 63.4 Å². The van der Waals surface area contributed by atoms with E-state index in [-0.39, 0.29) is 18.5 Å². The Bertz CT molecular complexity index is 1220. The number of carbonyl (C=O) groups is 1. The van der Waals surface area contributed by atoms with Gasteiger partial charge in [-0.1, -0.05) is 13.0 Å². The number of halogens is 3. The minimum atomic E-state index is -4.40. The highest BCUT2D eigenvalue weighted by molar-refractivity contribution is 7.71. The summed E-state index contributed by atoms with van der Waals surface area (Å²) >= 11 is 5.27. The van der Waals surface area contributed by atoms with Crippen molar-refractivity contribution in [2.24, 2.45) is 0 Å². The van der Waals surface area contributed by atoms with Gasteiger partial charge in [0.15, 0.2) is 4.77 Å². The van der Waals surface area contributed by atoms with Crippen LogP contribution in [-0.4, -0.2) is 25.2 Å². The number of fused-ring (bicyclic) bond motifs is 1. The highest BCUT2D eigenvalue weighted by Crippen LogP contribution is 2.36. The molecule has 0 fully saturated rings. The Morgan fingerprint density at radius 2 is 2.12 bits per heavy atom. The van der Waals surface area contributed by atoms with Crippen LogP contribution in [0.5, 0.6) is 0 Å². The number of hydrogen-bond donors (Lipinski definition) is 2. The molecule has 4 rings (SSSR count). The number of benzene rings is 1. The molecule has 33 heavy (non-hydrogen) atoms. The number of alkyl halides is 3. The Labute approximate surface area is 194 Å². The van der Waals surface area contributed by atoms with Gasteiger partial charge in [-0.3, -0.25) is 14.5 Å². The molecule has 3 aromatic rings. The predicted molar refractivity (Wildman–Crippen MR) is 121 cm³/mol. The van der Waals surface area contributed by atoms with Gasteiger partial charge in [0.1, 0.15) is 12.4 Å². The molecule has 0 saturated carbocycles. The van der Waals surface area contributed by atoms with Gasteiger partial charge in [-0.05, 0) is 74.7 Å². The molecule has 0 saturated heterocycles. The lowest BCUT2D eigenvalue weighted by atomic mass is 9.92. The molecule has 0 spiro atoms. The molecule has 1 aromatic carbocycles. The van der Waals surface area contributed by atoms with Crippen LogP contribution in [0.3, 0.4) is 0 Å². The SMILES string of the molecule is CCCc1n[nH]c(=S)n1CC(=O)N[C@@H]1CCCc2c1cc(C)n2-c1cccc(C(F)(F)F)c1. The summed E-state index contributed by atoms with van der Waals surface area (Å²) in [5, 5.41) is 10.0. The minimum absolute atomic E-state index is 0.0732. The Morgan fingerprint density at radius 1 is 1.33 bits per heavy atom. The van der Waals surface area contributed by atoms with Gasteiger partial charge in [-0.2, -0.15) is 18.3 Å². The number of amides is 1. The van der Waals surface area contributed by atoms with Gasteiger partial charge >= 0.3 is 6.18 Å². The van der Waals surface area contributed by atoms with Gasteiger partial charge in [0.25, 0.3) is 0 Å². The summed E-state index contributed by atoms with van der Waals surface area (Å²) in [5.41, 5.74) is 2.53. The van der Waals surface area contributed by atoms with E-state index in [1.807, 2.05) is 24.5 Å². The average molecular weight is 478 g/mol. The van der Waals surface area contributed by atoms with Gasteiger partial charge in [0.05, 0.1) is 11.6 Å². The summed E-state index contributed by atoms with van der Waals surface area (Å²) in [6.07, 6.45) is -0.476. The van der Waals surface area contributed by atoms with E-state index in [1.54, 1.807) is 10.6 Å². The zero-order valence-electron chi connectivity index (χ0n) is 18.5. The van der Waals surface area contributed by atoms with E-state index < -0.39 is 11.7 Å². The number of aryl methyl sites for hydroxylation is 2. The normalized spacial score (nSPS) is 16.0. The third-order valence-corrected chi connectivity index (χ3v) is 6.29. The van der Waals surface area contributed by atoms with Gasteiger partial charge in [-0.25, -0.2) is 0 Å². The summed E-state index contributed by atoms with van der Waals surface area (Å²) < 4.78 is 43.7. The molecule has 0 unspecified atom stereocenters. The van der Waals surface area contributed by atoms with Gasteiger partial charge in [0.2, 0.25) is 5.91 Å². The molecule has 2 aromatic heterocycles. The predicted octanol–water partition coefficient (Wildman–Crippen LogP) is 5.20. The van der Waals surface area contributed by atoms with Crippen molar-refractivity contribution in [1.29, 1.82) is 0 Å². The van der Waals surface area contributed by atoms with E-state index in [4.69, 9.17) is 12.2 Å². The van der Waals surface area contributed by atoms with Crippen molar-refractivity contribution in [2.75, 3.05) is 0 Å². The van der Waals surface area contributed by atoms with E-state index >= 15 is 0 Å². The first-order valence-electron chi connectivity index (χ1n) is 11.0. The van der Waals surface area contributed by atoms with E-state index in [1.165, 1.54) is 12.1 Å². The fourth-order valence-electron chi connectivity index (χ4n) is 4.54. The molecule has 0 bridgehead atoms. The van der Waals surface area contributed by atoms with Gasteiger partial charge in [-0.15, -0.1) is 0 Å². The summed E-state index contributed by atoms with van der Waals surface area (Å²) in [6, 6.07) is 7.11. The second-order valence-electron chi connectivity index (χ2n) is 8.36. The van der Waals surface area contributed by atoms with E-state index in [0.717, 1.165) is 54.5 Å². The maximum absolute atomic E-state index is 13.2. The van der Waals surface area contributed by atoms with Gasteiger partial charge in [0, 0.05) is 23.5 Å². The van der Waals surface area contributed by atoms with Crippen LogP contribution in [0.1, 0.15) is 60.6 Å². The van der Waals surface area contributed by atoms with Crippen LogP contribution in [0.25, 0.3) is 5.69 Å². The molecule has 1 atom stereocenters. The Hall–Kier alpha value is -2.88. The molecule has 6 nitrogen and oxygen atoms in total. The van der Waals surface area contributed by atoms with Crippen LogP contribution in [-0.2, 0) is 30.4 Å². The van der Waals surface area contributed by atoms with Crippen LogP contribution in [0.15, 0.2) is 30.3 Å². The molecule has 1 aliphatic rings. The quantitative estimate of drug-likeness (QED) is 0.479. The monoisotopic (exact) mass is 477 g/mol. The van der Waals surface area contributed by atoms with Crippen molar-refractivity contribution in [3.8, 4) is 5.69 Å². The molecule has 10 heteroatoms. The second-order valence-corrected chi connectivity index (χ2v) is 8.75. The number of nitrogens with one attached hydrogen (secondary N) is 2. The summed E-state index contributed by atoms with van der Waals surface area (Å²) in [7, 11) is 0. The van der Waals surface area contributed by atoms with Gasteiger partial charge < -0.3 is 9.88 Å². The smallest absolute Gasteiger partial charge is 0.348 e. The van der Waals surface area contributed by atoms with Crippen molar-refractivity contribution < 1.29 is 18.0 Å². The number of hydrogen-bond acceptors (Lipinski definition) is 3. The van der Waals surface area contributed by atoms with Crippen molar-refractivity contribution >= 4 is 18.1 Å². The van der Waals surface area contributed by atoms with E-state index in [0.29, 0.717) is 16.9 Å². The Morgan fingerprint density at radius 3 is 2.85 bits per heavy atom. The highest BCUT2D eigenvalue weighted by atomic mass is 32.1. The minimum Gasteiger partial charge on any atom is -0.348 e. The molecule has 1 amide bonds. The molecule has 176 valence electrons. The van der Waals surface area contributed by atoms with Crippen molar-refractivity contribution in [2.45, 2.75) is 64.7 Å². The zero-order chi connectivity index (χ0) is 23.8. The average Bonchev–Trinajstić information content (AvgIpc) is 3.28. The van der Waals surface area contributed by atoms with E-state index in [9.17, 15) is 18.0 Å². The number of aromatic nitrogens is 4. The van der Waals surface area contributed by atoms with Crippen LogP contribution in [0.4, 0.5) is 13.2 Å². The highest BCUT2D eigenvalue weighted by Gasteiger charge is 2.31. The third kappa shape index (κ3) is 4.75. The zero-order valence-corrected chi connectivity index (χ0v) is 19.3. The van der Waals surface area contributed by atoms with Crippen LogP contribution < -0.4 is 5.32 Å². The number of rotatable bonds is 6. The Balaban J connectivity index is 1.59. The summed E-state index contributed by atoms with van der Waals surface area (Å²) in [6.45, 7) is 3.98. The fourth-order valence-corrected chi connectivity index (χ4v) is 4.76. The lowest BCUT2D eigenvalue weighted by Crippen LogP contribution is -2.33. The fraction of sp³-hybridized carbons (Fsp3) is 0.435. The standard InChI is InChI=1S/C23H26F3N5OS/c1-3-6-20-28-29-22(33)30(20)13-21(32)27-18-9-5-10-19-17(18)11-14(2)31(19)16-8-4-7-15(12-16)23(24,25)26/h4,7-8,11-12,18H,3,5-6,9-10,13H2,1-2H3,(H,27,32)(H,29,33)/t18-/m1/s1. The number of nitrogens with zero attached hydrogens (tertiary/aromatic N) is 3. The maximum Gasteiger partial charge on any atom is 0.416 e. The first-order chi connectivity index (χ1) is 15.7. The third-order valence-electron chi connectivity index (χ3n) is 5.98. The maximum atomic E-state index is 13.2. The first-order valence-corrected chi connectivity index (χ1v) is 11.4. The largest absolute Gasteiger partial charge is 0.416 e. The number of carbonyl (C=O) groups excluding carboxylic acids is 1.